The van der Waals surface area contributed by atoms with Crippen LogP contribution in [0.25, 0.3) is 22.8 Å². The van der Waals surface area contributed by atoms with Crippen molar-refractivity contribution in [1.29, 1.82) is 5.26 Å². The summed E-state index contributed by atoms with van der Waals surface area (Å²) in [4.78, 5) is 23.0. The molecule has 0 bridgehead atoms. The number of nitriles is 1. The first-order valence-electron chi connectivity index (χ1n) is 11.4. The molecule has 1 aliphatic rings. The predicted octanol–water partition coefficient (Wildman–Crippen LogP) is 2.36. The van der Waals surface area contributed by atoms with Crippen LogP contribution in [0.5, 0.6) is 5.88 Å². The van der Waals surface area contributed by atoms with Gasteiger partial charge in [0.2, 0.25) is 17.6 Å². The van der Waals surface area contributed by atoms with Crippen molar-refractivity contribution in [3.63, 3.8) is 0 Å². The Morgan fingerprint density at radius 3 is 2.80 bits per heavy atom. The third-order valence-corrected chi connectivity index (χ3v) is 6.04. The zero-order valence-electron chi connectivity index (χ0n) is 20.1. The molecule has 0 fully saturated rings. The van der Waals surface area contributed by atoms with E-state index in [0.29, 0.717) is 30.9 Å². The van der Waals surface area contributed by atoms with Gasteiger partial charge in [0.1, 0.15) is 17.7 Å². The van der Waals surface area contributed by atoms with Gasteiger partial charge in [0.25, 0.3) is 5.89 Å². The summed E-state index contributed by atoms with van der Waals surface area (Å²) in [5, 5.41) is 23.3. The summed E-state index contributed by atoms with van der Waals surface area (Å²) in [5.41, 5.74) is 10.6. The minimum Gasteiger partial charge on any atom is -0.474 e. The largest absolute Gasteiger partial charge is 0.474 e. The molecule has 3 heterocycles. The van der Waals surface area contributed by atoms with E-state index in [4.69, 9.17) is 15.0 Å². The van der Waals surface area contributed by atoms with E-state index in [9.17, 15) is 15.2 Å². The molecule has 0 radical (unpaired) electrons. The molecule has 1 amide bonds. The Labute approximate surface area is 203 Å². The van der Waals surface area contributed by atoms with E-state index in [1.807, 2.05) is 32.9 Å². The summed E-state index contributed by atoms with van der Waals surface area (Å²) in [6.45, 7) is 8.18. The van der Waals surface area contributed by atoms with Gasteiger partial charge >= 0.3 is 0 Å². The van der Waals surface area contributed by atoms with Crippen LogP contribution in [0.1, 0.15) is 43.0 Å². The van der Waals surface area contributed by atoms with Crippen LogP contribution in [0.4, 0.5) is 0 Å². The Balaban J connectivity index is 1.58. The Hall–Kier alpha value is -3.81. The van der Waals surface area contributed by atoms with Gasteiger partial charge in [-0.2, -0.15) is 10.2 Å². The number of benzene rings is 1. The van der Waals surface area contributed by atoms with Gasteiger partial charge in [0.15, 0.2) is 0 Å². The van der Waals surface area contributed by atoms with E-state index in [1.165, 1.54) is 6.92 Å². The molecule has 10 nitrogen and oxygen atoms in total. The number of hydrogen-bond acceptors (Lipinski definition) is 9. The first kappa shape index (κ1) is 24.3. The quantitative estimate of drug-likeness (QED) is 0.546. The molecule has 1 aromatic carbocycles. The number of ether oxygens (including phenoxy) is 1. The molecule has 0 saturated carbocycles. The lowest BCUT2D eigenvalue weighted by Gasteiger charge is -2.32. The Morgan fingerprint density at radius 1 is 1.34 bits per heavy atom. The molecule has 2 aromatic heterocycles. The van der Waals surface area contributed by atoms with Crippen LogP contribution in [0.15, 0.2) is 28.9 Å². The summed E-state index contributed by atoms with van der Waals surface area (Å²) < 4.78 is 11.1. The molecule has 4 rings (SSSR count). The van der Waals surface area contributed by atoms with Gasteiger partial charge in [0, 0.05) is 24.8 Å². The van der Waals surface area contributed by atoms with Crippen molar-refractivity contribution in [3.05, 3.63) is 46.6 Å². The van der Waals surface area contributed by atoms with Gasteiger partial charge in [-0.25, -0.2) is 4.98 Å². The number of nitrogens with two attached hydrogens (primary N) is 1. The topological polar surface area (TPSA) is 151 Å². The molecule has 0 aliphatic carbocycles. The fourth-order valence-electron chi connectivity index (χ4n) is 4.10. The molecule has 3 aromatic rings. The smallest absolute Gasteiger partial charge is 0.259 e. The van der Waals surface area contributed by atoms with Gasteiger partial charge in [-0.05, 0) is 56.9 Å². The average Bonchev–Trinajstić information content (AvgIpc) is 3.33. The number of hydrogen-bond donors (Lipinski definition) is 2. The number of pyridine rings is 1. The highest BCUT2D eigenvalue weighted by Crippen LogP contribution is 2.32. The number of amides is 1. The van der Waals surface area contributed by atoms with Gasteiger partial charge in [-0.1, -0.05) is 17.3 Å². The molecule has 35 heavy (non-hydrogen) atoms. The summed E-state index contributed by atoms with van der Waals surface area (Å²) in [6.07, 6.45) is 1.19. The molecular formula is C25H28N6O4. The summed E-state index contributed by atoms with van der Waals surface area (Å²) in [7, 11) is 0. The van der Waals surface area contributed by atoms with E-state index in [2.05, 4.69) is 21.2 Å². The molecular weight excluding hydrogens is 448 g/mol. The van der Waals surface area contributed by atoms with E-state index in [-0.39, 0.29) is 29.3 Å². The zero-order chi connectivity index (χ0) is 25.3. The van der Waals surface area contributed by atoms with Crippen molar-refractivity contribution in [1.82, 2.24) is 20.0 Å². The SMILES string of the molecule is Cc1c(-c2noc(-c3cnc(OC(C)C)c(C#N)c3)n2)ccc2c1CCN(C(=O)[C@@H](N)C(C)O)C2. The molecule has 3 N–H and O–H groups in total. The highest BCUT2D eigenvalue weighted by Gasteiger charge is 2.29. The highest BCUT2D eigenvalue weighted by atomic mass is 16.5. The van der Waals surface area contributed by atoms with E-state index < -0.39 is 12.1 Å². The van der Waals surface area contributed by atoms with E-state index >= 15 is 0 Å². The summed E-state index contributed by atoms with van der Waals surface area (Å²) in [6, 6.07) is 6.63. The van der Waals surface area contributed by atoms with Crippen molar-refractivity contribution < 1.29 is 19.2 Å². The Morgan fingerprint density at radius 2 is 2.11 bits per heavy atom. The second kappa shape index (κ2) is 9.82. The van der Waals surface area contributed by atoms with Crippen LogP contribution in [-0.4, -0.2) is 55.8 Å². The first-order valence-corrected chi connectivity index (χ1v) is 11.4. The number of aliphatic hydroxyl groups excluding tert-OH is 1. The zero-order valence-corrected chi connectivity index (χ0v) is 20.1. The van der Waals surface area contributed by atoms with Gasteiger partial charge < -0.3 is 25.0 Å². The molecule has 10 heteroatoms. The lowest BCUT2D eigenvalue weighted by Crippen LogP contribution is -2.50. The normalized spacial score (nSPS) is 14.9. The number of rotatable bonds is 6. The van der Waals surface area contributed by atoms with Crippen LogP contribution in [0.3, 0.4) is 0 Å². The lowest BCUT2D eigenvalue weighted by atomic mass is 9.91. The third kappa shape index (κ3) is 4.87. The number of fused-ring (bicyclic) bond motifs is 1. The molecule has 182 valence electrons. The number of carbonyl (C=O) groups excluding carboxylic acids is 1. The van der Waals surface area contributed by atoms with Crippen LogP contribution in [0.2, 0.25) is 0 Å². The predicted molar refractivity (Wildman–Crippen MR) is 127 cm³/mol. The number of aromatic nitrogens is 3. The number of carbonyl (C=O) groups is 1. The molecule has 0 spiro atoms. The van der Waals surface area contributed by atoms with Crippen molar-refractivity contribution in [2.24, 2.45) is 5.73 Å². The van der Waals surface area contributed by atoms with E-state index in [0.717, 1.165) is 22.3 Å². The molecule has 1 aliphatic heterocycles. The van der Waals surface area contributed by atoms with Crippen LogP contribution in [0, 0.1) is 18.3 Å². The van der Waals surface area contributed by atoms with Crippen molar-refractivity contribution in [2.75, 3.05) is 6.54 Å². The maximum absolute atomic E-state index is 12.6. The number of nitrogens with zero attached hydrogens (tertiary/aromatic N) is 5. The minimum atomic E-state index is -0.934. The van der Waals surface area contributed by atoms with Crippen molar-refractivity contribution in [3.8, 4) is 34.8 Å². The maximum Gasteiger partial charge on any atom is 0.259 e. The Kier molecular flexibility index (Phi) is 6.82. The fraction of sp³-hybridized carbons (Fsp3) is 0.400. The molecule has 1 unspecified atom stereocenters. The third-order valence-electron chi connectivity index (χ3n) is 6.04. The van der Waals surface area contributed by atoms with Crippen molar-refractivity contribution >= 4 is 5.91 Å². The van der Waals surface area contributed by atoms with Crippen molar-refractivity contribution in [2.45, 2.75) is 58.9 Å². The summed E-state index contributed by atoms with van der Waals surface area (Å²) in [5.74, 6) is 0.681. The second-order valence-electron chi connectivity index (χ2n) is 8.93. The van der Waals surface area contributed by atoms with Crippen LogP contribution in [-0.2, 0) is 17.8 Å². The molecule has 2 atom stereocenters. The summed E-state index contributed by atoms with van der Waals surface area (Å²) >= 11 is 0. The van der Waals surface area contributed by atoms with Crippen LogP contribution >= 0.6 is 0 Å². The van der Waals surface area contributed by atoms with Gasteiger partial charge in [0.05, 0.1) is 17.8 Å². The van der Waals surface area contributed by atoms with Crippen LogP contribution < -0.4 is 10.5 Å². The first-order chi connectivity index (χ1) is 16.7. The fourth-order valence-corrected chi connectivity index (χ4v) is 4.10. The van der Waals surface area contributed by atoms with Gasteiger partial charge in [-0.15, -0.1) is 0 Å². The lowest BCUT2D eigenvalue weighted by molar-refractivity contribution is -0.135. The maximum atomic E-state index is 12.6. The number of aliphatic hydroxyl groups is 1. The Bertz CT molecular complexity index is 1290. The second-order valence-corrected chi connectivity index (χ2v) is 8.93. The van der Waals surface area contributed by atoms with E-state index in [1.54, 1.807) is 17.2 Å². The average molecular weight is 477 g/mol. The minimum absolute atomic E-state index is 0.109. The standard InChI is InChI=1S/C25H28N6O4/c1-13(2)34-23-17(10-26)9-18(11-28-23)24-29-22(30-35-24)20-6-5-16-12-31(8-7-19(16)14(20)3)25(33)21(27)15(4)32/h5-6,9,11,13,15,21,32H,7-8,12,27H2,1-4H3/t15?,21-/m0/s1. The van der Waals surface area contributed by atoms with Gasteiger partial charge in [-0.3, -0.25) is 4.79 Å². The highest BCUT2D eigenvalue weighted by molar-refractivity contribution is 5.82. The monoisotopic (exact) mass is 476 g/mol. The molecule has 0 saturated heterocycles.